The van der Waals surface area contributed by atoms with Gasteiger partial charge in [0.1, 0.15) is 5.15 Å². The van der Waals surface area contributed by atoms with Crippen LogP contribution in [0.25, 0.3) is 0 Å². The van der Waals surface area contributed by atoms with Gasteiger partial charge < -0.3 is 10.6 Å². The first-order valence-electron chi connectivity index (χ1n) is 5.15. The molecule has 2 N–H and O–H groups in total. The van der Waals surface area contributed by atoms with Crippen LogP contribution in [-0.2, 0) is 4.79 Å². The monoisotopic (exact) mass is 241 g/mol. The van der Waals surface area contributed by atoms with Crippen LogP contribution in [0, 0.1) is 6.92 Å². The number of pyridine rings is 1. The number of rotatable bonds is 4. The largest absolute Gasteiger partial charge is 0.323 e. The average molecular weight is 242 g/mol. The molecular weight excluding hydrogens is 226 g/mol. The summed E-state index contributed by atoms with van der Waals surface area (Å²) in [5, 5.41) is 6.23. The molecular formula is C11H16ClN3O. The number of halogens is 1. The average Bonchev–Trinajstić information content (AvgIpc) is 2.19. The van der Waals surface area contributed by atoms with Gasteiger partial charge in [0.15, 0.2) is 0 Å². The second-order valence-electron chi connectivity index (χ2n) is 3.85. The normalized spacial score (nSPS) is 10.6. The van der Waals surface area contributed by atoms with E-state index in [9.17, 15) is 4.79 Å². The topological polar surface area (TPSA) is 54.0 Å². The van der Waals surface area contributed by atoms with Gasteiger partial charge in [-0.05, 0) is 19.1 Å². The van der Waals surface area contributed by atoms with Gasteiger partial charge in [-0.1, -0.05) is 25.4 Å². The van der Waals surface area contributed by atoms with Crippen LogP contribution in [-0.4, -0.2) is 23.5 Å². The summed E-state index contributed by atoms with van der Waals surface area (Å²) in [4.78, 5) is 15.6. The molecule has 1 heterocycles. The van der Waals surface area contributed by atoms with E-state index < -0.39 is 0 Å². The van der Waals surface area contributed by atoms with Crippen molar-refractivity contribution in [1.82, 2.24) is 10.3 Å². The van der Waals surface area contributed by atoms with Gasteiger partial charge in [0.2, 0.25) is 5.91 Å². The maximum Gasteiger partial charge on any atom is 0.238 e. The maximum absolute atomic E-state index is 11.5. The zero-order valence-electron chi connectivity index (χ0n) is 9.67. The van der Waals surface area contributed by atoms with E-state index in [2.05, 4.69) is 15.6 Å². The van der Waals surface area contributed by atoms with Gasteiger partial charge in [0.25, 0.3) is 0 Å². The van der Waals surface area contributed by atoms with E-state index in [0.717, 1.165) is 0 Å². The zero-order valence-corrected chi connectivity index (χ0v) is 10.4. The highest BCUT2D eigenvalue weighted by atomic mass is 35.5. The van der Waals surface area contributed by atoms with Crippen LogP contribution >= 0.6 is 11.6 Å². The molecule has 0 bridgehead atoms. The molecule has 16 heavy (non-hydrogen) atoms. The van der Waals surface area contributed by atoms with E-state index in [1.165, 1.54) is 0 Å². The molecule has 1 amide bonds. The fraction of sp³-hybridized carbons (Fsp3) is 0.455. The molecule has 0 radical (unpaired) electrons. The lowest BCUT2D eigenvalue weighted by molar-refractivity contribution is -0.115. The van der Waals surface area contributed by atoms with Crippen molar-refractivity contribution in [3.63, 3.8) is 0 Å². The molecule has 1 aromatic rings. The second-order valence-corrected chi connectivity index (χ2v) is 4.24. The van der Waals surface area contributed by atoms with Crippen molar-refractivity contribution in [1.29, 1.82) is 0 Å². The van der Waals surface area contributed by atoms with Crippen molar-refractivity contribution in [3.05, 3.63) is 23.0 Å². The fourth-order valence-electron chi connectivity index (χ4n) is 1.15. The van der Waals surface area contributed by atoms with Gasteiger partial charge in [-0.2, -0.15) is 0 Å². The van der Waals surface area contributed by atoms with E-state index in [4.69, 9.17) is 11.6 Å². The van der Waals surface area contributed by atoms with Crippen LogP contribution < -0.4 is 10.6 Å². The smallest absolute Gasteiger partial charge is 0.238 e. The summed E-state index contributed by atoms with van der Waals surface area (Å²) in [6, 6.07) is 3.69. The predicted octanol–water partition coefficient (Wildman–Crippen LogP) is 1.98. The standard InChI is InChI=1S/C11H16ClN3O/c1-7(2)13-6-11(16)15-9-4-5-10(12)14-8(9)3/h4-5,7,13H,6H2,1-3H3,(H,15,16). The molecule has 0 saturated heterocycles. The molecule has 0 aromatic carbocycles. The number of carbonyl (C=O) groups excluding carboxylic acids is 1. The van der Waals surface area contributed by atoms with Crippen molar-refractivity contribution < 1.29 is 4.79 Å². The van der Waals surface area contributed by atoms with Crippen molar-refractivity contribution in [2.45, 2.75) is 26.8 Å². The van der Waals surface area contributed by atoms with Crippen molar-refractivity contribution in [3.8, 4) is 0 Å². The number of aromatic nitrogens is 1. The van der Waals surface area contributed by atoms with E-state index in [0.29, 0.717) is 23.1 Å². The molecule has 4 nitrogen and oxygen atoms in total. The minimum Gasteiger partial charge on any atom is -0.323 e. The Labute approximate surface area is 100 Å². The van der Waals surface area contributed by atoms with E-state index >= 15 is 0 Å². The number of hydrogen-bond acceptors (Lipinski definition) is 3. The van der Waals surface area contributed by atoms with Crippen molar-refractivity contribution in [2.75, 3.05) is 11.9 Å². The number of nitrogens with zero attached hydrogens (tertiary/aromatic N) is 1. The molecule has 0 aliphatic rings. The summed E-state index contributed by atoms with van der Waals surface area (Å²) in [6.45, 7) is 6.07. The van der Waals surface area contributed by atoms with Gasteiger partial charge >= 0.3 is 0 Å². The van der Waals surface area contributed by atoms with Crippen molar-refractivity contribution in [2.24, 2.45) is 0 Å². The third kappa shape index (κ3) is 4.16. The zero-order chi connectivity index (χ0) is 12.1. The molecule has 0 saturated carbocycles. The van der Waals surface area contributed by atoms with Crippen molar-refractivity contribution >= 4 is 23.2 Å². The lowest BCUT2D eigenvalue weighted by Gasteiger charge is -2.10. The number of anilines is 1. The third-order valence-corrected chi connectivity index (χ3v) is 2.21. The van der Waals surface area contributed by atoms with E-state index in [1.807, 2.05) is 13.8 Å². The summed E-state index contributed by atoms with van der Waals surface area (Å²) in [6.07, 6.45) is 0. The van der Waals surface area contributed by atoms with Gasteiger partial charge in [-0.3, -0.25) is 4.79 Å². The number of amides is 1. The minimum absolute atomic E-state index is 0.0825. The predicted molar refractivity (Wildman–Crippen MR) is 65.8 cm³/mol. The summed E-state index contributed by atoms with van der Waals surface area (Å²) in [5.74, 6) is -0.0825. The fourth-order valence-corrected chi connectivity index (χ4v) is 1.34. The molecule has 0 unspecified atom stereocenters. The van der Waals surface area contributed by atoms with Crippen LogP contribution in [0.5, 0.6) is 0 Å². The molecule has 0 fully saturated rings. The van der Waals surface area contributed by atoms with Crippen LogP contribution in [0.1, 0.15) is 19.5 Å². The Morgan fingerprint density at radius 1 is 1.50 bits per heavy atom. The molecule has 1 aromatic heterocycles. The van der Waals surface area contributed by atoms with E-state index in [1.54, 1.807) is 19.1 Å². The molecule has 0 spiro atoms. The highest BCUT2D eigenvalue weighted by Gasteiger charge is 2.06. The number of hydrogen-bond donors (Lipinski definition) is 2. The van der Waals surface area contributed by atoms with Gasteiger partial charge in [0.05, 0.1) is 17.9 Å². The van der Waals surface area contributed by atoms with Crippen LogP contribution in [0.2, 0.25) is 5.15 Å². The minimum atomic E-state index is -0.0825. The Bertz CT molecular complexity index is 379. The lowest BCUT2D eigenvalue weighted by atomic mass is 10.3. The summed E-state index contributed by atoms with van der Waals surface area (Å²) in [5.41, 5.74) is 1.41. The number of carbonyl (C=O) groups is 1. The van der Waals surface area contributed by atoms with Gasteiger partial charge in [-0.25, -0.2) is 4.98 Å². The van der Waals surface area contributed by atoms with Gasteiger partial charge in [-0.15, -0.1) is 0 Å². The molecule has 1 rings (SSSR count). The highest BCUT2D eigenvalue weighted by Crippen LogP contribution is 2.15. The Balaban J connectivity index is 2.56. The molecule has 0 atom stereocenters. The van der Waals surface area contributed by atoms with Gasteiger partial charge in [0, 0.05) is 6.04 Å². The summed E-state index contributed by atoms with van der Waals surface area (Å²) < 4.78 is 0. The first-order chi connectivity index (χ1) is 7.49. The van der Waals surface area contributed by atoms with E-state index in [-0.39, 0.29) is 11.9 Å². The maximum atomic E-state index is 11.5. The number of nitrogens with one attached hydrogen (secondary N) is 2. The lowest BCUT2D eigenvalue weighted by Crippen LogP contribution is -2.32. The molecule has 0 aliphatic heterocycles. The Morgan fingerprint density at radius 2 is 2.19 bits per heavy atom. The SMILES string of the molecule is Cc1nc(Cl)ccc1NC(=O)CNC(C)C. The first kappa shape index (κ1) is 12.9. The van der Waals surface area contributed by atoms with Crippen LogP contribution in [0.3, 0.4) is 0 Å². The molecule has 0 aliphatic carbocycles. The molecule has 5 heteroatoms. The van der Waals surface area contributed by atoms with Crippen LogP contribution in [0.15, 0.2) is 12.1 Å². The summed E-state index contributed by atoms with van der Waals surface area (Å²) >= 11 is 5.72. The second kappa shape index (κ2) is 5.82. The Morgan fingerprint density at radius 3 is 2.75 bits per heavy atom. The first-order valence-corrected chi connectivity index (χ1v) is 5.53. The third-order valence-electron chi connectivity index (χ3n) is 2.00. The quantitative estimate of drug-likeness (QED) is 0.793. The highest BCUT2D eigenvalue weighted by molar-refractivity contribution is 6.29. The number of aryl methyl sites for hydroxylation is 1. The Kier molecular flexibility index (Phi) is 4.71. The molecule has 88 valence electrons. The summed E-state index contributed by atoms with van der Waals surface area (Å²) in [7, 11) is 0. The Hall–Kier alpha value is -1.13. The van der Waals surface area contributed by atoms with Crippen LogP contribution in [0.4, 0.5) is 5.69 Å².